The van der Waals surface area contributed by atoms with Crippen LogP contribution in [0.15, 0.2) is 78.9 Å². The minimum atomic E-state index is -0.0280. The van der Waals surface area contributed by atoms with Crippen molar-refractivity contribution in [3.05, 3.63) is 107 Å². The van der Waals surface area contributed by atoms with Crippen LogP contribution in [0.5, 0.6) is 0 Å². The number of benzene rings is 3. The first kappa shape index (κ1) is 24.1. The van der Waals surface area contributed by atoms with E-state index in [0.717, 1.165) is 56.4 Å². The number of amides is 1. The van der Waals surface area contributed by atoms with Gasteiger partial charge in [0.15, 0.2) is 5.78 Å². The number of piperidine rings is 1. The van der Waals surface area contributed by atoms with Gasteiger partial charge in [-0.2, -0.15) is 0 Å². The lowest BCUT2D eigenvalue weighted by Gasteiger charge is -2.33. The van der Waals surface area contributed by atoms with Crippen molar-refractivity contribution in [1.82, 2.24) is 10.2 Å². The lowest BCUT2D eigenvalue weighted by molar-refractivity contribution is 0.0875. The van der Waals surface area contributed by atoms with Crippen molar-refractivity contribution in [1.29, 1.82) is 0 Å². The molecule has 3 aromatic rings. The van der Waals surface area contributed by atoms with Crippen molar-refractivity contribution < 1.29 is 9.59 Å². The molecule has 2 aliphatic carbocycles. The molecular formula is C33H36N2O2. The number of rotatable bonds is 7. The largest absolute Gasteiger partial charge is 0.349 e. The lowest BCUT2D eigenvalue weighted by Crippen LogP contribution is -2.36. The predicted octanol–water partition coefficient (Wildman–Crippen LogP) is 5.99. The number of hydrogen-bond acceptors (Lipinski definition) is 3. The molecule has 1 amide bonds. The van der Waals surface area contributed by atoms with Gasteiger partial charge in [0.1, 0.15) is 0 Å². The van der Waals surface area contributed by atoms with E-state index >= 15 is 0 Å². The molecule has 3 atom stereocenters. The molecule has 37 heavy (non-hydrogen) atoms. The van der Waals surface area contributed by atoms with Crippen LogP contribution in [-0.2, 0) is 6.42 Å². The van der Waals surface area contributed by atoms with Crippen LogP contribution in [0.2, 0.25) is 0 Å². The molecule has 4 nitrogen and oxygen atoms in total. The number of nitrogens with zero attached hydrogens (tertiary/aromatic N) is 1. The number of fused-ring (bicyclic) bond motifs is 1. The van der Waals surface area contributed by atoms with E-state index in [4.69, 9.17) is 0 Å². The number of nitrogens with one attached hydrogen (secondary N) is 1. The molecule has 0 spiro atoms. The number of ketones is 1. The maximum absolute atomic E-state index is 13.3. The van der Waals surface area contributed by atoms with E-state index in [1.165, 1.54) is 24.0 Å². The smallest absolute Gasteiger partial charge is 0.251 e. The Balaban J connectivity index is 1.00. The monoisotopic (exact) mass is 492 g/mol. The molecule has 1 saturated heterocycles. The Kier molecular flexibility index (Phi) is 6.93. The summed E-state index contributed by atoms with van der Waals surface area (Å²) < 4.78 is 0. The van der Waals surface area contributed by atoms with E-state index in [9.17, 15) is 9.59 Å². The van der Waals surface area contributed by atoms with Gasteiger partial charge < -0.3 is 10.2 Å². The normalized spacial score (nSPS) is 23.9. The number of carbonyl (C=O) groups excluding carboxylic acids is 2. The highest BCUT2D eigenvalue weighted by molar-refractivity contribution is 6.02. The molecule has 1 saturated carbocycles. The molecule has 2 fully saturated rings. The van der Waals surface area contributed by atoms with Gasteiger partial charge in [0.05, 0.1) is 0 Å². The van der Waals surface area contributed by atoms with Gasteiger partial charge in [-0.05, 0) is 92.9 Å². The van der Waals surface area contributed by atoms with Crippen LogP contribution in [-0.4, -0.2) is 42.3 Å². The summed E-state index contributed by atoms with van der Waals surface area (Å²) in [4.78, 5) is 28.7. The Morgan fingerprint density at radius 2 is 1.57 bits per heavy atom. The molecule has 4 heteroatoms. The molecule has 0 aromatic heterocycles. The third-order valence-corrected chi connectivity index (χ3v) is 8.75. The third-order valence-electron chi connectivity index (χ3n) is 8.75. The second kappa shape index (κ2) is 10.6. The molecule has 2 unspecified atom stereocenters. The Hall–Kier alpha value is -3.24. The topological polar surface area (TPSA) is 49.4 Å². The number of Topliss-reactive ketones (excluding diaryl/α,β-unsaturated/α-hetero) is 1. The van der Waals surface area contributed by atoms with Crippen LogP contribution in [0, 0.1) is 5.92 Å². The highest BCUT2D eigenvalue weighted by Gasteiger charge is 2.39. The molecule has 0 bridgehead atoms. The van der Waals surface area contributed by atoms with Crippen LogP contribution in [0.4, 0.5) is 0 Å². The zero-order valence-corrected chi connectivity index (χ0v) is 21.4. The highest BCUT2D eigenvalue weighted by Crippen LogP contribution is 2.41. The van der Waals surface area contributed by atoms with Crippen LogP contribution in [0.25, 0.3) is 0 Å². The first-order valence-electron chi connectivity index (χ1n) is 14.0. The van der Waals surface area contributed by atoms with Gasteiger partial charge in [0, 0.05) is 29.0 Å². The fourth-order valence-corrected chi connectivity index (χ4v) is 6.37. The van der Waals surface area contributed by atoms with Crippen LogP contribution >= 0.6 is 0 Å². The highest BCUT2D eigenvalue weighted by atomic mass is 16.1. The van der Waals surface area contributed by atoms with Crippen molar-refractivity contribution in [3.8, 4) is 0 Å². The molecular weight excluding hydrogens is 456 g/mol. The fraction of sp³-hybridized carbons (Fsp3) is 0.394. The SMILES string of the molecule is O=C(N[C@H]1CC1c1ccccc1)c1ccc2c(c1)CCC(CCN1CCC(c3ccccc3)CC1)C2=O. The minimum absolute atomic E-state index is 0.0280. The average molecular weight is 493 g/mol. The van der Waals surface area contributed by atoms with Crippen molar-refractivity contribution in [3.63, 3.8) is 0 Å². The van der Waals surface area contributed by atoms with E-state index in [0.29, 0.717) is 17.4 Å². The number of likely N-dealkylation sites (tertiary alicyclic amines) is 1. The summed E-state index contributed by atoms with van der Waals surface area (Å²) in [6.45, 7) is 3.22. The molecule has 0 radical (unpaired) electrons. The van der Waals surface area contributed by atoms with E-state index in [1.54, 1.807) is 0 Å². The van der Waals surface area contributed by atoms with E-state index < -0.39 is 0 Å². The Morgan fingerprint density at radius 3 is 2.30 bits per heavy atom. The molecule has 3 aliphatic rings. The summed E-state index contributed by atoms with van der Waals surface area (Å²) in [7, 11) is 0. The molecule has 3 aromatic carbocycles. The van der Waals surface area contributed by atoms with Crippen molar-refractivity contribution in [2.24, 2.45) is 5.92 Å². The van der Waals surface area contributed by atoms with Crippen LogP contribution in [0.1, 0.15) is 81.3 Å². The molecule has 6 rings (SSSR count). The second-order valence-electron chi connectivity index (χ2n) is 11.1. The van der Waals surface area contributed by atoms with Crippen LogP contribution < -0.4 is 5.32 Å². The first-order chi connectivity index (χ1) is 18.2. The molecule has 190 valence electrons. The quantitative estimate of drug-likeness (QED) is 0.441. The Bertz CT molecular complexity index is 1250. The maximum atomic E-state index is 13.3. The standard InChI is InChI=1S/C33H36N2O2/c36-32-26(17-20-35-18-15-24(16-19-35)23-7-3-1-4-8-23)11-12-27-21-28(13-14-29(27)32)33(37)34-31-22-30(31)25-9-5-2-6-10-25/h1-10,13-14,21,24,26,30-31H,11-12,15-20,22H2,(H,34,37)/t26?,30?,31-/m0/s1. The summed E-state index contributed by atoms with van der Waals surface area (Å²) in [5.74, 6) is 1.40. The number of hydrogen-bond donors (Lipinski definition) is 1. The first-order valence-corrected chi connectivity index (χ1v) is 14.0. The zero-order chi connectivity index (χ0) is 25.2. The molecule has 1 aliphatic heterocycles. The van der Waals surface area contributed by atoms with Gasteiger partial charge in [-0.3, -0.25) is 9.59 Å². The van der Waals surface area contributed by atoms with Crippen molar-refractivity contribution in [2.45, 2.75) is 56.4 Å². The molecule has 1 N–H and O–H groups in total. The van der Waals surface area contributed by atoms with Gasteiger partial charge >= 0.3 is 0 Å². The Labute approximate surface area is 220 Å². The van der Waals surface area contributed by atoms with Crippen LogP contribution in [0.3, 0.4) is 0 Å². The zero-order valence-electron chi connectivity index (χ0n) is 21.4. The van der Waals surface area contributed by atoms with Crippen molar-refractivity contribution in [2.75, 3.05) is 19.6 Å². The minimum Gasteiger partial charge on any atom is -0.349 e. The van der Waals surface area contributed by atoms with Gasteiger partial charge in [0.25, 0.3) is 5.91 Å². The molecule has 1 heterocycles. The summed E-state index contributed by atoms with van der Waals surface area (Å²) >= 11 is 0. The summed E-state index contributed by atoms with van der Waals surface area (Å²) in [6, 6.07) is 27.1. The van der Waals surface area contributed by atoms with E-state index in [2.05, 4.69) is 52.7 Å². The number of carbonyl (C=O) groups is 2. The summed E-state index contributed by atoms with van der Waals surface area (Å²) in [6.07, 6.45) is 6.07. The third kappa shape index (κ3) is 5.40. The van der Waals surface area contributed by atoms with E-state index in [-0.39, 0.29) is 23.7 Å². The fourth-order valence-electron chi connectivity index (χ4n) is 6.37. The van der Waals surface area contributed by atoms with E-state index in [1.807, 2.05) is 36.4 Å². The number of aryl methyl sites for hydroxylation is 1. The predicted molar refractivity (Wildman–Crippen MR) is 147 cm³/mol. The average Bonchev–Trinajstić information content (AvgIpc) is 3.73. The summed E-state index contributed by atoms with van der Waals surface area (Å²) in [5.41, 5.74) is 5.28. The maximum Gasteiger partial charge on any atom is 0.251 e. The lowest BCUT2D eigenvalue weighted by atomic mass is 9.80. The summed E-state index contributed by atoms with van der Waals surface area (Å²) in [5, 5.41) is 3.19. The van der Waals surface area contributed by atoms with Gasteiger partial charge in [-0.1, -0.05) is 66.7 Å². The van der Waals surface area contributed by atoms with Gasteiger partial charge in [-0.15, -0.1) is 0 Å². The van der Waals surface area contributed by atoms with Gasteiger partial charge in [-0.25, -0.2) is 0 Å². The van der Waals surface area contributed by atoms with Crippen molar-refractivity contribution >= 4 is 11.7 Å². The van der Waals surface area contributed by atoms with Gasteiger partial charge in [0.2, 0.25) is 0 Å². The Morgan fingerprint density at radius 1 is 0.865 bits per heavy atom. The second-order valence-corrected chi connectivity index (χ2v) is 11.1.